The molecule has 0 saturated carbocycles. The molecule has 2 aliphatic heterocycles. The van der Waals surface area contributed by atoms with E-state index < -0.39 is 0 Å². The molecule has 0 unspecified atom stereocenters. The first kappa shape index (κ1) is 8.97. The van der Waals surface area contributed by atoms with Crippen LogP contribution in [0.3, 0.4) is 0 Å². The predicted octanol–water partition coefficient (Wildman–Crippen LogP) is -0.275. The van der Waals surface area contributed by atoms with Crippen molar-refractivity contribution in [2.75, 3.05) is 19.7 Å². The SMILES string of the molecule is N[C@@H]1CC(=O)N(C[C@H]2CCCO2)C1. The Bertz CT molecular complexity index is 202. The summed E-state index contributed by atoms with van der Waals surface area (Å²) in [6, 6.07) is 0.0360. The van der Waals surface area contributed by atoms with Crippen LogP contribution in [0.4, 0.5) is 0 Å². The zero-order valence-corrected chi connectivity index (χ0v) is 7.74. The molecule has 0 radical (unpaired) electrons. The molecule has 74 valence electrons. The summed E-state index contributed by atoms with van der Waals surface area (Å²) in [5.74, 6) is 0.183. The van der Waals surface area contributed by atoms with E-state index in [-0.39, 0.29) is 18.1 Å². The van der Waals surface area contributed by atoms with Crippen LogP contribution < -0.4 is 5.73 Å². The molecule has 0 aromatic rings. The normalized spacial score (nSPS) is 34.5. The maximum absolute atomic E-state index is 11.4. The van der Waals surface area contributed by atoms with E-state index in [1.807, 2.05) is 4.90 Å². The van der Waals surface area contributed by atoms with Gasteiger partial charge in [0.05, 0.1) is 6.10 Å². The molecule has 2 heterocycles. The quantitative estimate of drug-likeness (QED) is 0.642. The molecule has 2 N–H and O–H groups in total. The number of ether oxygens (including phenoxy) is 1. The standard InChI is InChI=1S/C9H16N2O2/c10-7-4-9(12)11(5-7)6-8-2-1-3-13-8/h7-8H,1-6,10H2/t7-,8-/m1/s1. The second kappa shape index (κ2) is 3.64. The minimum absolute atomic E-state index is 0.0360. The van der Waals surface area contributed by atoms with Crippen molar-refractivity contribution in [2.45, 2.75) is 31.4 Å². The second-order valence-electron chi connectivity index (χ2n) is 3.90. The van der Waals surface area contributed by atoms with Gasteiger partial charge in [0.1, 0.15) is 0 Å². The maximum atomic E-state index is 11.4. The lowest BCUT2D eigenvalue weighted by molar-refractivity contribution is -0.129. The van der Waals surface area contributed by atoms with Gasteiger partial charge >= 0.3 is 0 Å². The van der Waals surface area contributed by atoms with E-state index in [2.05, 4.69) is 0 Å². The molecule has 0 spiro atoms. The van der Waals surface area contributed by atoms with Gasteiger partial charge in [-0.05, 0) is 12.8 Å². The lowest BCUT2D eigenvalue weighted by atomic mass is 10.2. The molecular formula is C9H16N2O2. The Morgan fingerprint density at radius 3 is 3.00 bits per heavy atom. The predicted molar refractivity (Wildman–Crippen MR) is 48.1 cm³/mol. The highest BCUT2D eigenvalue weighted by atomic mass is 16.5. The van der Waals surface area contributed by atoms with Crippen molar-refractivity contribution in [2.24, 2.45) is 5.73 Å². The summed E-state index contributed by atoms with van der Waals surface area (Å²) in [6.07, 6.45) is 2.97. The average molecular weight is 184 g/mol. The van der Waals surface area contributed by atoms with Crippen LogP contribution in [0.1, 0.15) is 19.3 Å². The Morgan fingerprint density at radius 2 is 2.46 bits per heavy atom. The van der Waals surface area contributed by atoms with Crippen molar-refractivity contribution in [3.63, 3.8) is 0 Å². The maximum Gasteiger partial charge on any atom is 0.224 e. The number of carbonyl (C=O) groups is 1. The van der Waals surface area contributed by atoms with E-state index in [0.29, 0.717) is 13.0 Å². The number of carbonyl (C=O) groups excluding carboxylic acids is 1. The zero-order valence-electron chi connectivity index (χ0n) is 7.74. The molecular weight excluding hydrogens is 168 g/mol. The number of amides is 1. The van der Waals surface area contributed by atoms with Gasteiger partial charge in [0.15, 0.2) is 0 Å². The van der Waals surface area contributed by atoms with Crippen molar-refractivity contribution in [1.29, 1.82) is 0 Å². The highest BCUT2D eigenvalue weighted by molar-refractivity contribution is 5.79. The fraction of sp³-hybridized carbons (Fsp3) is 0.889. The van der Waals surface area contributed by atoms with Gasteiger partial charge in [-0.15, -0.1) is 0 Å². The van der Waals surface area contributed by atoms with Crippen molar-refractivity contribution in [3.8, 4) is 0 Å². The summed E-state index contributed by atoms with van der Waals surface area (Å²) >= 11 is 0. The number of rotatable bonds is 2. The van der Waals surface area contributed by atoms with Crippen LogP contribution >= 0.6 is 0 Å². The first-order chi connectivity index (χ1) is 6.25. The van der Waals surface area contributed by atoms with Crippen molar-refractivity contribution in [3.05, 3.63) is 0 Å². The first-order valence-corrected chi connectivity index (χ1v) is 4.90. The highest BCUT2D eigenvalue weighted by Gasteiger charge is 2.29. The molecule has 0 bridgehead atoms. The minimum Gasteiger partial charge on any atom is -0.376 e. The summed E-state index contributed by atoms with van der Waals surface area (Å²) in [5, 5.41) is 0. The van der Waals surface area contributed by atoms with Crippen LogP contribution in [0.25, 0.3) is 0 Å². The summed E-state index contributed by atoms with van der Waals surface area (Å²) < 4.78 is 5.46. The van der Waals surface area contributed by atoms with Gasteiger partial charge in [-0.3, -0.25) is 4.79 Å². The lowest BCUT2D eigenvalue weighted by Gasteiger charge is -2.19. The van der Waals surface area contributed by atoms with Crippen molar-refractivity contribution < 1.29 is 9.53 Å². The minimum atomic E-state index is 0.0360. The fourth-order valence-electron chi connectivity index (χ4n) is 2.01. The van der Waals surface area contributed by atoms with E-state index in [4.69, 9.17) is 10.5 Å². The largest absolute Gasteiger partial charge is 0.376 e. The molecule has 0 aromatic heterocycles. The van der Waals surface area contributed by atoms with Gasteiger partial charge in [-0.1, -0.05) is 0 Å². The van der Waals surface area contributed by atoms with E-state index in [9.17, 15) is 4.79 Å². The van der Waals surface area contributed by atoms with Crippen LogP contribution in [-0.4, -0.2) is 42.6 Å². The van der Waals surface area contributed by atoms with Gasteiger partial charge in [-0.25, -0.2) is 0 Å². The molecule has 2 fully saturated rings. The fourth-order valence-corrected chi connectivity index (χ4v) is 2.01. The first-order valence-electron chi connectivity index (χ1n) is 4.90. The molecule has 0 aliphatic carbocycles. The molecule has 4 heteroatoms. The van der Waals surface area contributed by atoms with E-state index in [0.717, 1.165) is 26.0 Å². The topological polar surface area (TPSA) is 55.6 Å². The van der Waals surface area contributed by atoms with Gasteiger partial charge < -0.3 is 15.4 Å². The van der Waals surface area contributed by atoms with E-state index in [1.165, 1.54) is 0 Å². The Kier molecular flexibility index (Phi) is 2.51. The van der Waals surface area contributed by atoms with Crippen LogP contribution in [0.2, 0.25) is 0 Å². The molecule has 2 aliphatic rings. The molecule has 2 atom stereocenters. The molecule has 2 saturated heterocycles. The third-order valence-electron chi connectivity index (χ3n) is 2.69. The molecule has 1 amide bonds. The second-order valence-corrected chi connectivity index (χ2v) is 3.90. The van der Waals surface area contributed by atoms with Crippen LogP contribution in [0.5, 0.6) is 0 Å². The summed E-state index contributed by atoms with van der Waals surface area (Å²) in [7, 11) is 0. The highest BCUT2D eigenvalue weighted by Crippen LogP contribution is 2.16. The Balaban J connectivity index is 1.83. The summed E-state index contributed by atoms with van der Waals surface area (Å²) in [5.41, 5.74) is 5.69. The molecule has 2 rings (SSSR count). The Morgan fingerprint density at radius 1 is 1.62 bits per heavy atom. The molecule has 4 nitrogen and oxygen atoms in total. The van der Waals surface area contributed by atoms with E-state index in [1.54, 1.807) is 0 Å². The number of likely N-dealkylation sites (tertiary alicyclic amines) is 1. The average Bonchev–Trinajstić information content (AvgIpc) is 2.63. The lowest BCUT2D eigenvalue weighted by Crippen LogP contribution is -2.34. The van der Waals surface area contributed by atoms with Crippen molar-refractivity contribution in [1.82, 2.24) is 4.90 Å². The van der Waals surface area contributed by atoms with Crippen LogP contribution in [0.15, 0.2) is 0 Å². The van der Waals surface area contributed by atoms with Crippen molar-refractivity contribution >= 4 is 5.91 Å². The van der Waals surface area contributed by atoms with Gasteiger partial charge in [0.2, 0.25) is 5.91 Å². The summed E-state index contributed by atoms with van der Waals surface area (Å²) in [4.78, 5) is 13.2. The van der Waals surface area contributed by atoms with Crippen LogP contribution in [-0.2, 0) is 9.53 Å². The third kappa shape index (κ3) is 2.00. The van der Waals surface area contributed by atoms with E-state index >= 15 is 0 Å². The third-order valence-corrected chi connectivity index (χ3v) is 2.69. The summed E-state index contributed by atoms with van der Waals surface area (Å²) in [6.45, 7) is 2.30. The van der Waals surface area contributed by atoms with Gasteiger partial charge in [0.25, 0.3) is 0 Å². The monoisotopic (exact) mass is 184 g/mol. The smallest absolute Gasteiger partial charge is 0.224 e. The molecule has 0 aromatic carbocycles. The zero-order chi connectivity index (χ0) is 9.26. The number of hydrogen-bond acceptors (Lipinski definition) is 3. The Hall–Kier alpha value is -0.610. The number of nitrogens with two attached hydrogens (primary N) is 1. The van der Waals surface area contributed by atoms with Gasteiger partial charge in [-0.2, -0.15) is 0 Å². The number of nitrogens with zero attached hydrogens (tertiary/aromatic N) is 1. The number of hydrogen-bond donors (Lipinski definition) is 1. The van der Waals surface area contributed by atoms with Crippen LogP contribution in [0, 0.1) is 0 Å². The van der Waals surface area contributed by atoms with Gasteiger partial charge in [0, 0.05) is 32.2 Å². The Labute approximate surface area is 78.0 Å². The molecule has 13 heavy (non-hydrogen) atoms.